The number of aryl methyl sites for hydroxylation is 2. The summed E-state index contributed by atoms with van der Waals surface area (Å²) < 4.78 is 7.23. The van der Waals surface area contributed by atoms with Gasteiger partial charge in [0.1, 0.15) is 11.2 Å². The van der Waals surface area contributed by atoms with E-state index in [0.717, 1.165) is 65.2 Å². The number of nitrogens with zero attached hydrogens (tertiary/aromatic N) is 4. The van der Waals surface area contributed by atoms with Crippen LogP contribution in [0, 0.1) is 13.8 Å². The van der Waals surface area contributed by atoms with Crippen molar-refractivity contribution in [3.05, 3.63) is 81.6 Å². The smallest absolute Gasteiger partial charge is 0.276 e. The van der Waals surface area contributed by atoms with Gasteiger partial charge < -0.3 is 9.32 Å². The Labute approximate surface area is 197 Å². The number of hydrogen-bond acceptors (Lipinski definition) is 5. The molecule has 0 atom stereocenters. The first kappa shape index (κ1) is 20.7. The van der Waals surface area contributed by atoms with Gasteiger partial charge in [-0.1, -0.05) is 36.4 Å². The van der Waals surface area contributed by atoms with Crippen molar-refractivity contribution in [3.63, 3.8) is 0 Å². The Hall–Kier alpha value is -3.87. The Morgan fingerprint density at radius 1 is 1.00 bits per heavy atom. The van der Waals surface area contributed by atoms with Crippen LogP contribution in [0.1, 0.15) is 42.0 Å². The number of benzene rings is 2. The van der Waals surface area contributed by atoms with Crippen molar-refractivity contribution in [1.29, 1.82) is 0 Å². The van der Waals surface area contributed by atoms with Crippen molar-refractivity contribution in [3.8, 4) is 11.3 Å². The highest BCUT2D eigenvalue weighted by Crippen LogP contribution is 2.34. The van der Waals surface area contributed by atoms with Gasteiger partial charge in [-0.25, -0.2) is 9.97 Å². The van der Waals surface area contributed by atoms with Gasteiger partial charge in [0.15, 0.2) is 17.1 Å². The van der Waals surface area contributed by atoms with Gasteiger partial charge in [0, 0.05) is 43.3 Å². The number of fused-ring (bicyclic) bond motifs is 2. The summed E-state index contributed by atoms with van der Waals surface area (Å²) in [7, 11) is 0. The molecule has 5 aromatic rings. The van der Waals surface area contributed by atoms with Gasteiger partial charge in [0.25, 0.3) is 5.56 Å². The second-order valence-electron chi connectivity index (χ2n) is 9.10. The lowest BCUT2D eigenvalue weighted by molar-refractivity contribution is 0.561. The zero-order chi connectivity index (χ0) is 23.2. The van der Waals surface area contributed by atoms with E-state index in [1.165, 1.54) is 6.42 Å². The molecule has 0 amide bonds. The molecule has 0 radical (unpaired) electrons. The largest absolute Gasteiger partial charge is 0.441 e. The van der Waals surface area contributed by atoms with Crippen molar-refractivity contribution in [2.45, 2.75) is 39.5 Å². The van der Waals surface area contributed by atoms with Crippen molar-refractivity contribution in [1.82, 2.24) is 19.6 Å². The van der Waals surface area contributed by atoms with Crippen molar-refractivity contribution in [2.24, 2.45) is 0 Å². The first-order valence-electron chi connectivity index (χ1n) is 11.9. The minimum Gasteiger partial charge on any atom is -0.441 e. The standard InChI is InChI=1S/C27H27N5O2/c1-17-21(15-19-11-12-23-22(16-19)29-18(2)34-23)27(33)32-26(28-17)25(31-13-7-4-8-14-31)24(30-32)20-9-5-3-6-10-20/h3,5-6,9-12,16,30H,4,7-8,13-15H2,1-2H3. The third-order valence-electron chi connectivity index (χ3n) is 6.73. The number of anilines is 1. The second-order valence-corrected chi connectivity index (χ2v) is 9.10. The van der Waals surface area contributed by atoms with Crippen LogP contribution >= 0.6 is 0 Å². The SMILES string of the molecule is Cc1nc2cc(Cc3c(C)nc4c(N5CCCCC5)c(-c5ccccc5)[nH]n4c3=O)ccc2o1. The summed E-state index contributed by atoms with van der Waals surface area (Å²) in [6.45, 7) is 5.72. The predicted octanol–water partition coefficient (Wildman–Crippen LogP) is 5.03. The summed E-state index contributed by atoms with van der Waals surface area (Å²) in [5.74, 6) is 0.636. The fourth-order valence-electron chi connectivity index (χ4n) is 5.03. The Morgan fingerprint density at radius 3 is 2.59 bits per heavy atom. The summed E-state index contributed by atoms with van der Waals surface area (Å²) in [5.41, 5.74) is 7.69. The van der Waals surface area contributed by atoms with Crippen LogP contribution < -0.4 is 10.5 Å². The van der Waals surface area contributed by atoms with E-state index in [4.69, 9.17) is 9.40 Å². The first-order valence-corrected chi connectivity index (χ1v) is 11.9. The third kappa shape index (κ3) is 3.48. The van der Waals surface area contributed by atoms with E-state index < -0.39 is 0 Å². The molecule has 172 valence electrons. The number of H-pyrrole nitrogens is 1. The summed E-state index contributed by atoms with van der Waals surface area (Å²) in [6, 6.07) is 16.1. The molecular formula is C27H27N5O2. The average Bonchev–Trinajstić information content (AvgIpc) is 3.42. The summed E-state index contributed by atoms with van der Waals surface area (Å²) in [5, 5.41) is 3.41. The Kier molecular flexibility index (Phi) is 4.98. The number of oxazole rings is 1. The number of aromatic amines is 1. The van der Waals surface area contributed by atoms with E-state index in [1.807, 2.05) is 50.2 Å². The van der Waals surface area contributed by atoms with Crippen molar-refractivity contribution < 1.29 is 4.42 Å². The zero-order valence-corrected chi connectivity index (χ0v) is 19.5. The van der Waals surface area contributed by atoms with E-state index in [0.29, 0.717) is 23.5 Å². The van der Waals surface area contributed by atoms with Crippen LogP contribution in [0.15, 0.2) is 57.7 Å². The summed E-state index contributed by atoms with van der Waals surface area (Å²) >= 11 is 0. The molecule has 0 aliphatic carbocycles. The Bertz CT molecular complexity index is 1560. The van der Waals surface area contributed by atoms with E-state index in [1.54, 1.807) is 4.52 Å². The van der Waals surface area contributed by atoms with Crippen molar-refractivity contribution in [2.75, 3.05) is 18.0 Å². The predicted molar refractivity (Wildman–Crippen MR) is 134 cm³/mol. The molecule has 6 rings (SSSR count). The highest BCUT2D eigenvalue weighted by molar-refractivity contribution is 5.86. The van der Waals surface area contributed by atoms with Crippen LogP contribution in [0.2, 0.25) is 0 Å². The van der Waals surface area contributed by atoms with Crippen LogP contribution in [0.4, 0.5) is 5.69 Å². The fourth-order valence-corrected chi connectivity index (χ4v) is 5.03. The highest BCUT2D eigenvalue weighted by atomic mass is 16.3. The molecule has 1 fully saturated rings. The lowest BCUT2D eigenvalue weighted by atomic mass is 10.0. The molecule has 0 spiro atoms. The van der Waals surface area contributed by atoms with E-state index in [9.17, 15) is 4.79 Å². The second kappa shape index (κ2) is 8.17. The molecule has 2 aromatic carbocycles. The average molecular weight is 454 g/mol. The molecular weight excluding hydrogens is 426 g/mol. The topological polar surface area (TPSA) is 79.4 Å². The van der Waals surface area contributed by atoms with Crippen molar-refractivity contribution >= 4 is 22.4 Å². The minimum absolute atomic E-state index is 0.0561. The van der Waals surface area contributed by atoms with Crippen LogP contribution in [-0.4, -0.2) is 32.7 Å². The highest BCUT2D eigenvalue weighted by Gasteiger charge is 2.24. The van der Waals surface area contributed by atoms with Crippen LogP contribution in [0.25, 0.3) is 28.0 Å². The molecule has 7 nitrogen and oxygen atoms in total. The summed E-state index contributed by atoms with van der Waals surface area (Å²) in [6.07, 6.45) is 4.03. The molecule has 0 saturated carbocycles. The monoisotopic (exact) mass is 453 g/mol. The molecule has 1 saturated heterocycles. The molecule has 0 unspecified atom stereocenters. The molecule has 1 N–H and O–H groups in total. The quantitative estimate of drug-likeness (QED) is 0.413. The van der Waals surface area contributed by atoms with Gasteiger partial charge in [0.2, 0.25) is 0 Å². The maximum Gasteiger partial charge on any atom is 0.276 e. The van der Waals surface area contributed by atoms with Crippen LogP contribution in [-0.2, 0) is 6.42 Å². The van der Waals surface area contributed by atoms with Gasteiger partial charge in [-0.05, 0) is 43.9 Å². The summed E-state index contributed by atoms with van der Waals surface area (Å²) in [4.78, 5) is 25.5. The maximum absolute atomic E-state index is 13.7. The molecule has 0 bridgehead atoms. The Morgan fingerprint density at radius 2 is 1.79 bits per heavy atom. The number of rotatable bonds is 4. The maximum atomic E-state index is 13.7. The van der Waals surface area contributed by atoms with Gasteiger partial charge in [-0.3, -0.25) is 9.89 Å². The molecule has 4 heterocycles. The molecule has 7 heteroatoms. The molecule has 1 aliphatic rings. The first-order chi connectivity index (χ1) is 16.6. The van der Waals surface area contributed by atoms with Gasteiger partial charge in [0.05, 0.1) is 5.69 Å². The number of aromatic nitrogens is 4. The van der Waals surface area contributed by atoms with E-state index >= 15 is 0 Å². The number of piperidine rings is 1. The minimum atomic E-state index is -0.0561. The molecule has 3 aromatic heterocycles. The van der Waals surface area contributed by atoms with Gasteiger partial charge in [-0.15, -0.1) is 0 Å². The lowest BCUT2D eigenvalue weighted by Gasteiger charge is -2.28. The lowest BCUT2D eigenvalue weighted by Crippen LogP contribution is -2.30. The van der Waals surface area contributed by atoms with Gasteiger partial charge >= 0.3 is 0 Å². The van der Waals surface area contributed by atoms with Gasteiger partial charge in [-0.2, -0.15) is 4.52 Å². The number of nitrogens with one attached hydrogen (secondary N) is 1. The van der Waals surface area contributed by atoms with E-state index in [-0.39, 0.29) is 5.56 Å². The third-order valence-corrected chi connectivity index (χ3v) is 6.73. The van der Waals surface area contributed by atoms with E-state index in [2.05, 4.69) is 27.1 Å². The molecule has 1 aliphatic heterocycles. The van der Waals surface area contributed by atoms with Crippen LogP contribution in [0.3, 0.4) is 0 Å². The fraction of sp³-hybridized carbons (Fsp3) is 0.296. The zero-order valence-electron chi connectivity index (χ0n) is 19.5. The van der Waals surface area contributed by atoms with Crippen LogP contribution in [0.5, 0.6) is 0 Å². The normalized spacial score (nSPS) is 14.4. The molecule has 34 heavy (non-hydrogen) atoms. The Balaban J connectivity index is 1.50. The number of hydrogen-bond donors (Lipinski definition) is 1.